The Balaban J connectivity index is 2.42. The molecule has 1 N–H and O–H groups in total. The van der Waals surface area contributed by atoms with Crippen LogP contribution in [0.25, 0.3) is 0 Å². The van der Waals surface area contributed by atoms with Gasteiger partial charge in [-0.15, -0.1) is 0 Å². The van der Waals surface area contributed by atoms with Crippen molar-refractivity contribution in [2.75, 3.05) is 6.54 Å². The maximum absolute atomic E-state index is 12.3. The Hall–Kier alpha value is -2.15. The van der Waals surface area contributed by atoms with E-state index >= 15 is 0 Å². The summed E-state index contributed by atoms with van der Waals surface area (Å²) in [4.78, 5) is 34.8. The first-order valence-electron chi connectivity index (χ1n) is 5.90. The number of likely N-dealkylation sites (tertiary alicyclic amines) is 1. The van der Waals surface area contributed by atoms with E-state index in [2.05, 4.69) is 0 Å². The minimum atomic E-state index is -1.11. The second-order valence-electron chi connectivity index (χ2n) is 4.39. The highest BCUT2D eigenvalue weighted by atomic mass is 35.5. The van der Waals surface area contributed by atoms with Crippen LogP contribution in [-0.4, -0.2) is 39.4 Å². The molecule has 1 aliphatic rings. The standard InChI is InChI=1S/C12H11ClN2O5/c13-8-4-1-3-7(10(8)15(19)20)11(16)14-6-2-5-9(14)12(17)18/h1,3-4,9H,2,5-6H2,(H,17,18)/t9-/m0/s1. The van der Waals surface area contributed by atoms with Crippen molar-refractivity contribution in [3.63, 3.8) is 0 Å². The molecule has 0 bridgehead atoms. The lowest BCUT2D eigenvalue weighted by atomic mass is 10.1. The molecular weight excluding hydrogens is 288 g/mol. The minimum absolute atomic E-state index is 0.146. The predicted molar refractivity (Wildman–Crippen MR) is 69.8 cm³/mol. The highest BCUT2D eigenvalue weighted by Gasteiger charge is 2.37. The van der Waals surface area contributed by atoms with E-state index in [1.54, 1.807) is 0 Å². The fourth-order valence-electron chi connectivity index (χ4n) is 2.29. The van der Waals surface area contributed by atoms with Crippen molar-refractivity contribution in [2.24, 2.45) is 0 Å². The van der Waals surface area contributed by atoms with Crippen molar-refractivity contribution >= 4 is 29.2 Å². The number of benzene rings is 1. The van der Waals surface area contributed by atoms with Gasteiger partial charge in [0.2, 0.25) is 0 Å². The number of carbonyl (C=O) groups is 2. The summed E-state index contributed by atoms with van der Waals surface area (Å²) >= 11 is 5.75. The number of para-hydroxylation sites is 1. The Morgan fingerprint density at radius 1 is 1.45 bits per heavy atom. The molecule has 7 nitrogen and oxygen atoms in total. The molecule has 106 valence electrons. The van der Waals surface area contributed by atoms with Gasteiger partial charge in [-0.05, 0) is 25.0 Å². The monoisotopic (exact) mass is 298 g/mol. The van der Waals surface area contributed by atoms with Crippen LogP contribution in [0, 0.1) is 10.1 Å². The molecule has 0 aromatic heterocycles. The Morgan fingerprint density at radius 2 is 2.15 bits per heavy atom. The first kappa shape index (κ1) is 14.3. The first-order chi connectivity index (χ1) is 9.43. The van der Waals surface area contributed by atoms with Crippen LogP contribution < -0.4 is 0 Å². The molecular formula is C12H11ClN2O5. The van der Waals surface area contributed by atoms with Gasteiger partial charge >= 0.3 is 11.7 Å². The molecule has 1 saturated heterocycles. The third-order valence-electron chi connectivity index (χ3n) is 3.20. The van der Waals surface area contributed by atoms with Gasteiger partial charge in [0.1, 0.15) is 16.6 Å². The fraction of sp³-hybridized carbons (Fsp3) is 0.333. The van der Waals surface area contributed by atoms with Crippen LogP contribution in [-0.2, 0) is 4.79 Å². The maximum Gasteiger partial charge on any atom is 0.326 e. The molecule has 0 aliphatic carbocycles. The van der Waals surface area contributed by atoms with Gasteiger partial charge in [0.25, 0.3) is 5.91 Å². The lowest BCUT2D eigenvalue weighted by molar-refractivity contribution is -0.385. The molecule has 20 heavy (non-hydrogen) atoms. The molecule has 0 unspecified atom stereocenters. The molecule has 2 rings (SSSR count). The van der Waals surface area contributed by atoms with E-state index in [1.165, 1.54) is 18.2 Å². The summed E-state index contributed by atoms with van der Waals surface area (Å²) in [5.41, 5.74) is -0.675. The number of rotatable bonds is 3. The molecule has 1 aromatic carbocycles. The number of nitro groups is 1. The van der Waals surface area contributed by atoms with Gasteiger partial charge in [0.15, 0.2) is 0 Å². The van der Waals surface area contributed by atoms with E-state index in [-0.39, 0.29) is 17.1 Å². The molecule has 1 heterocycles. The number of halogens is 1. The number of hydrogen-bond donors (Lipinski definition) is 1. The third kappa shape index (κ3) is 2.44. The smallest absolute Gasteiger partial charge is 0.326 e. The number of nitrogens with zero attached hydrogens (tertiary/aromatic N) is 2. The molecule has 1 aromatic rings. The Labute approximate surface area is 118 Å². The van der Waals surface area contributed by atoms with Gasteiger partial charge in [-0.2, -0.15) is 0 Å². The SMILES string of the molecule is O=C(O)[C@@H]1CCCN1C(=O)c1cccc(Cl)c1[N+](=O)[O-]. The number of amides is 1. The fourth-order valence-corrected chi connectivity index (χ4v) is 2.54. The molecule has 1 fully saturated rings. The number of hydrogen-bond acceptors (Lipinski definition) is 4. The van der Waals surface area contributed by atoms with Crippen LogP contribution in [0.15, 0.2) is 18.2 Å². The van der Waals surface area contributed by atoms with E-state index in [9.17, 15) is 19.7 Å². The summed E-state index contributed by atoms with van der Waals surface area (Å²) in [6.45, 7) is 0.263. The van der Waals surface area contributed by atoms with Crippen molar-refractivity contribution < 1.29 is 19.6 Å². The molecule has 0 saturated carbocycles. The maximum atomic E-state index is 12.3. The Kier molecular flexibility index (Phi) is 3.89. The number of carboxylic acids is 1. The minimum Gasteiger partial charge on any atom is -0.480 e. The largest absolute Gasteiger partial charge is 0.480 e. The number of carboxylic acid groups (broad SMARTS) is 1. The van der Waals surface area contributed by atoms with Crippen LogP contribution in [0.2, 0.25) is 5.02 Å². The molecule has 0 spiro atoms. The Morgan fingerprint density at radius 3 is 2.75 bits per heavy atom. The van der Waals surface area contributed by atoms with Crippen molar-refractivity contribution in [2.45, 2.75) is 18.9 Å². The van der Waals surface area contributed by atoms with Gasteiger partial charge in [-0.1, -0.05) is 17.7 Å². The van der Waals surface area contributed by atoms with Crippen LogP contribution in [0.5, 0.6) is 0 Å². The topological polar surface area (TPSA) is 101 Å². The number of aliphatic carboxylic acids is 1. The Bertz CT molecular complexity index is 589. The van der Waals surface area contributed by atoms with Gasteiger partial charge in [-0.25, -0.2) is 4.79 Å². The summed E-state index contributed by atoms with van der Waals surface area (Å²) in [5.74, 6) is -1.79. The van der Waals surface area contributed by atoms with E-state index in [4.69, 9.17) is 16.7 Å². The van der Waals surface area contributed by atoms with Gasteiger partial charge < -0.3 is 10.0 Å². The third-order valence-corrected chi connectivity index (χ3v) is 3.50. The number of nitro benzene ring substituents is 1. The van der Waals surface area contributed by atoms with E-state index in [0.29, 0.717) is 12.8 Å². The zero-order valence-corrected chi connectivity index (χ0v) is 11.0. The van der Waals surface area contributed by atoms with Crippen molar-refractivity contribution in [1.82, 2.24) is 4.90 Å². The first-order valence-corrected chi connectivity index (χ1v) is 6.28. The molecule has 0 radical (unpaired) electrons. The average Bonchev–Trinajstić information content (AvgIpc) is 2.86. The lowest BCUT2D eigenvalue weighted by Gasteiger charge is -2.21. The average molecular weight is 299 g/mol. The van der Waals surface area contributed by atoms with Crippen LogP contribution in [0.4, 0.5) is 5.69 Å². The number of carbonyl (C=O) groups excluding carboxylic acids is 1. The van der Waals surface area contributed by atoms with Crippen LogP contribution in [0.1, 0.15) is 23.2 Å². The lowest BCUT2D eigenvalue weighted by Crippen LogP contribution is -2.40. The van der Waals surface area contributed by atoms with Crippen LogP contribution in [0.3, 0.4) is 0 Å². The zero-order chi connectivity index (χ0) is 14.9. The predicted octanol–water partition coefficient (Wildman–Crippen LogP) is 1.94. The second kappa shape index (κ2) is 5.46. The van der Waals surface area contributed by atoms with E-state index < -0.39 is 28.5 Å². The molecule has 1 atom stereocenters. The second-order valence-corrected chi connectivity index (χ2v) is 4.80. The van der Waals surface area contributed by atoms with E-state index in [1.807, 2.05) is 0 Å². The normalized spacial score (nSPS) is 18.1. The summed E-state index contributed by atoms with van der Waals surface area (Å²) < 4.78 is 0. The van der Waals surface area contributed by atoms with Crippen molar-refractivity contribution in [3.05, 3.63) is 38.9 Å². The quantitative estimate of drug-likeness (QED) is 0.679. The summed E-state index contributed by atoms with van der Waals surface area (Å²) in [7, 11) is 0. The summed E-state index contributed by atoms with van der Waals surface area (Å²) in [5, 5.41) is 19.9. The molecule has 1 amide bonds. The highest BCUT2D eigenvalue weighted by molar-refractivity contribution is 6.33. The molecule has 1 aliphatic heterocycles. The highest BCUT2D eigenvalue weighted by Crippen LogP contribution is 2.31. The van der Waals surface area contributed by atoms with Gasteiger partial charge in [-0.3, -0.25) is 14.9 Å². The van der Waals surface area contributed by atoms with Crippen LogP contribution >= 0.6 is 11.6 Å². The van der Waals surface area contributed by atoms with Crippen molar-refractivity contribution in [3.8, 4) is 0 Å². The van der Waals surface area contributed by atoms with Gasteiger partial charge in [0, 0.05) is 6.54 Å². The zero-order valence-electron chi connectivity index (χ0n) is 10.3. The van der Waals surface area contributed by atoms with E-state index in [0.717, 1.165) is 4.90 Å². The van der Waals surface area contributed by atoms with Gasteiger partial charge in [0.05, 0.1) is 4.92 Å². The summed E-state index contributed by atoms with van der Waals surface area (Å²) in [6.07, 6.45) is 0.895. The summed E-state index contributed by atoms with van der Waals surface area (Å²) in [6, 6.07) is 3.08. The molecule has 8 heteroatoms. The van der Waals surface area contributed by atoms with Crippen molar-refractivity contribution in [1.29, 1.82) is 0 Å².